The Kier molecular flexibility index (Phi) is 5.76. The third-order valence-electron chi connectivity index (χ3n) is 2.40. The zero-order valence-electron chi connectivity index (χ0n) is 10.1. The number of ether oxygens (including phenoxy) is 1. The van der Waals surface area contributed by atoms with Crippen molar-refractivity contribution in [2.45, 2.75) is 13.3 Å². The van der Waals surface area contributed by atoms with Crippen LogP contribution in [0.1, 0.15) is 12.5 Å². The molecule has 1 aromatic rings. The van der Waals surface area contributed by atoms with Gasteiger partial charge in [0, 0.05) is 6.61 Å². The summed E-state index contributed by atoms with van der Waals surface area (Å²) in [5.41, 5.74) is 1.71. The van der Waals surface area contributed by atoms with Crippen molar-refractivity contribution in [3.63, 3.8) is 0 Å². The molecule has 0 aliphatic carbocycles. The standard InChI is InChI=1S/C12H20N2O3/c1-2-17-12-4-3-11(14(13)6-8-16)9-10(12)5-7-15/h3-4,9,15-16H,2,5-8,13H2,1H3. The summed E-state index contributed by atoms with van der Waals surface area (Å²) in [5.74, 6) is 6.53. The minimum atomic E-state index is -0.000948. The second kappa shape index (κ2) is 7.11. The van der Waals surface area contributed by atoms with Crippen molar-refractivity contribution in [2.24, 2.45) is 5.84 Å². The van der Waals surface area contributed by atoms with Crippen molar-refractivity contribution in [2.75, 3.05) is 31.4 Å². The molecule has 0 aliphatic heterocycles. The Labute approximate surface area is 101 Å². The van der Waals surface area contributed by atoms with E-state index >= 15 is 0 Å². The van der Waals surface area contributed by atoms with E-state index in [0.717, 1.165) is 17.0 Å². The Hall–Kier alpha value is -1.30. The summed E-state index contributed by atoms with van der Waals surface area (Å²) < 4.78 is 5.46. The molecule has 5 nitrogen and oxygen atoms in total. The number of hydrogen-bond acceptors (Lipinski definition) is 5. The molecule has 0 fully saturated rings. The fourth-order valence-electron chi connectivity index (χ4n) is 1.59. The Morgan fingerprint density at radius 1 is 1.29 bits per heavy atom. The normalized spacial score (nSPS) is 10.4. The lowest BCUT2D eigenvalue weighted by Crippen LogP contribution is -2.33. The summed E-state index contributed by atoms with van der Waals surface area (Å²) in [6, 6.07) is 5.54. The zero-order chi connectivity index (χ0) is 12.7. The Morgan fingerprint density at radius 2 is 2.06 bits per heavy atom. The number of nitrogens with two attached hydrogens (primary N) is 1. The molecule has 0 heterocycles. The van der Waals surface area contributed by atoms with Crippen molar-refractivity contribution in [1.29, 1.82) is 0 Å². The molecule has 5 heteroatoms. The molecule has 0 atom stereocenters. The van der Waals surface area contributed by atoms with Crippen LogP contribution in [0.5, 0.6) is 5.75 Å². The van der Waals surface area contributed by atoms with Gasteiger partial charge in [0.1, 0.15) is 5.75 Å². The van der Waals surface area contributed by atoms with Crippen LogP contribution in [0.25, 0.3) is 0 Å². The Balaban J connectivity index is 2.91. The van der Waals surface area contributed by atoms with Crippen molar-refractivity contribution < 1.29 is 14.9 Å². The number of anilines is 1. The van der Waals surface area contributed by atoms with E-state index in [2.05, 4.69) is 0 Å². The number of hydrazine groups is 1. The van der Waals surface area contributed by atoms with Gasteiger partial charge >= 0.3 is 0 Å². The molecule has 0 saturated heterocycles. The number of aliphatic hydroxyl groups excluding tert-OH is 2. The fraction of sp³-hybridized carbons (Fsp3) is 0.500. The maximum absolute atomic E-state index is 9.00. The van der Waals surface area contributed by atoms with E-state index in [1.807, 2.05) is 25.1 Å². The average Bonchev–Trinajstić information content (AvgIpc) is 2.32. The van der Waals surface area contributed by atoms with Gasteiger partial charge in [-0.3, -0.25) is 0 Å². The highest BCUT2D eigenvalue weighted by molar-refractivity contribution is 5.52. The van der Waals surface area contributed by atoms with Crippen molar-refractivity contribution in [1.82, 2.24) is 0 Å². The van der Waals surface area contributed by atoms with Crippen LogP contribution in [0, 0.1) is 0 Å². The molecule has 0 spiro atoms. The lowest BCUT2D eigenvalue weighted by Gasteiger charge is -2.19. The average molecular weight is 240 g/mol. The highest BCUT2D eigenvalue weighted by atomic mass is 16.5. The maximum atomic E-state index is 9.00. The third kappa shape index (κ3) is 3.89. The number of nitrogens with zero attached hydrogens (tertiary/aromatic N) is 1. The molecule has 0 aliphatic rings. The number of rotatable bonds is 7. The first-order valence-corrected chi connectivity index (χ1v) is 5.72. The van der Waals surface area contributed by atoms with Crippen molar-refractivity contribution in [3.05, 3.63) is 23.8 Å². The van der Waals surface area contributed by atoms with E-state index in [4.69, 9.17) is 20.8 Å². The molecule has 96 valence electrons. The summed E-state index contributed by atoms with van der Waals surface area (Å²) >= 11 is 0. The maximum Gasteiger partial charge on any atom is 0.122 e. The van der Waals surface area contributed by atoms with E-state index in [0.29, 0.717) is 19.6 Å². The van der Waals surface area contributed by atoms with Gasteiger partial charge in [-0.15, -0.1) is 0 Å². The molecule has 1 rings (SSSR count). The Morgan fingerprint density at radius 3 is 2.65 bits per heavy atom. The summed E-state index contributed by atoms with van der Waals surface area (Å²) in [4.78, 5) is 0. The topological polar surface area (TPSA) is 79.0 Å². The van der Waals surface area contributed by atoms with Gasteiger partial charge in [-0.2, -0.15) is 0 Å². The number of benzene rings is 1. The van der Waals surface area contributed by atoms with Crippen LogP contribution >= 0.6 is 0 Å². The van der Waals surface area contributed by atoms with Gasteiger partial charge in [-0.1, -0.05) is 0 Å². The van der Waals surface area contributed by atoms with Gasteiger partial charge in [-0.25, -0.2) is 5.84 Å². The van der Waals surface area contributed by atoms with Crippen LogP contribution in [-0.2, 0) is 6.42 Å². The lowest BCUT2D eigenvalue weighted by atomic mass is 10.1. The molecule has 0 aromatic heterocycles. The van der Waals surface area contributed by atoms with Crippen LogP contribution in [0.2, 0.25) is 0 Å². The van der Waals surface area contributed by atoms with E-state index in [9.17, 15) is 0 Å². The van der Waals surface area contributed by atoms with Gasteiger partial charge in [0.05, 0.1) is 25.4 Å². The molecular formula is C12H20N2O3. The summed E-state index contributed by atoms with van der Waals surface area (Å²) in [5, 5.41) is 19.3. The van der Waals surface area contributed by atoms with Gasteiger partial charge in [0.25, 0.3) is 0 Å². The van der Waals surface area contributed by atoms with E-state index in [1.165, 1.54) is 5.01 Å². The minimum Gasteiger partial charge on any atom is -0.494 e. The number of hydrogen-bond donors (Lipinski definition) is 3. The molecule has 0 bridgehead atoms. The van der Waals surface area contributed by atoms with Crippen LogP contribution in [-0.4, -0.2) is 36.6 Å². The van der Waals surface area contributed by atoms with Crippen LogP contribution in [0.3, 0.4) is 0 Å². The zero-order valence-corrected chi connectivity index (χ0v) is 10.1. The SMILES string of the molecule is CCOc1ccc(N(N)CCO)cc1CCO. The van der Waals surface area contributed by atoms with Gasteiger partial charge in [0.15, 0.2) is 0 Å². The van der Waals surface area contributed by atoms with E-state index < -0.39 is 0 Å². The molecule has 17 heavy (non-hydrogen) atoms. The molecule has 1 aromatic carbocycles. The molecular weight excluding hydrogens is 220 g/mol. The summed E-state index contributed by atoms with van der Waals surface area (Å²) in [6.07, 6.45) is 0.524. The fourth-order valence-corrected chi connectivity index (χ4v) is 1.59. The summed E-state index contributed by atoms with van der Waals surface area (Å²) in [6.45, 7) is 2.93. The molecule has 0 radical (unpaired) electrons. The van der Waals surface area contributed by atoms with Crippen LogP contribution in [0.15, 0.2) is 18.2 Å². The highest BCUT2D eigenvalue weighted by Gasteiger charge is 2.07. The largest absolute Gasteiger partial charge is 0.494 e. The lowest BCUT2D eigenvalue weighted by molar-refractivity contribution is 0.292. The monoisotopic (exact) mass is 240 g/mol. The molecule has 0 amide bonds. The predicted molar refractivity (Wildman–Crippen MR) is 67.0 cm³/mol. The smallest absolute Gasteiger partial charge is 0.122 e. The van der Waals surface area contributed by atoms with E-state index in [-0.39, 0.29) is 13.2 Å². The first kappa shape index (κ1) is 13.8. The van der Waals surface area contributed by atoms with Gasteiger partial charge in [0.2, 0.25) is 0 Å². The molecule has 4 N–H and O–H groups in total. The van der Waals surface area contributed by atoms with Crippen LogP contribution in [0.4, 0.5) is 5.69 Å². The molecule has 0 unspecified atom stereocenters. The van der Waals surface area contributed by atoms with Crippen molar-refractivity contribution in [3.8, 4) is 5.75 Å². The summed E-state index contributed by atoms with van der Waals surface area (Å²) in [7, 11) is 0. The number of aliphatic hydroxyl groups is 2. The van der Waals surface area contributed by atoms with Gasteiger partial charge in [-0.05, 0) is 37.1 Å². The van der Waals surface area contributed by atoms with Crippen LogP contribution < -0.4 is 15.6 Å². The van der Waals surface area contributed by atoms with Gasteiger partial charge < -0.3 is 20.0 Å². The predicted octanol–water partition coefficient (Wildman–Crippen LogP) is 0.292. The first-order valence-electron chi connectivity index (χ1n) is 5.72. The molecule has 0 saturated carbocycles. The highest BCUT2D eigenvalue weighted by Crippen LogP contribution is 2.24. The first-order chi connectivity index (χ1) is 8.22. The second-order valence-corrected chi connectivity index (χ2v) is 3.62. The Bertz CT molecular complexity index is 345. The van der Waals surface area contributed by atoms with E-state index in [1.54, 1.807) is 0 Å². The second-order valence-electron chi connectivity index (χ2n) is 3.62. The third-order valence-corrected chi connectivity index (χ3v) is 2.40. The quantitative estimate of drug-likeness (QED) is 0.471. The minimum absolute atomic E-state index is 0.000948. The van der Waals surface area contributed by atoms with Crippen molar-refractivity contribution >= 4 is 5.69 Å².